The molecule has 1 fully saturated rings. The number of nitrogens with zero attached hydrogens (tertiary/aromatic N) is 3. The van der Waals surface area contributed by atoms with Gasteiger partial charge in [-0.15, -0.1) is 0 Å². The highest BCUT2D eigenvalue weighted by molar-refractivity contribution is 5.99. The highest BCUT2D eigenvalue weighted by atomic mass is 16.5. The molecule has 3 aliphatic heterocycles. The van der Waals surface area contributed by atoms with Crippen molar-refractivity contribution in [1.82, 2.24) is 9.91 Å². The molecule has 1 spiro atoms. The number of fused-ring (bicyclic) bond motifs is 4. The number of piperidine rings is 1. The van der Waals surface area contributed by atoms with E-state index in [1.807, 2.05) is 19.1 Å². The third-order valence-electron chi connectivity index (χ3n) is 6.24. The Balaban J connectivity index is 1.53. The van der Waals surface area contributed by atoms with Gasteiger partial charge in [0.1, 0.15) is 23.0 Å². The zero-order valence-corrected chi connectivity index (χ0v) is 16.3. The number of benzene rings is 1. The molecule has 0 amide bonds. The molecule has 142 valence electrons. The first-order valence-electron chi connectivity index (χ1n) is 10.0. The molecule has 5 rings (SSSR count). The highest BCUT2D eigenvalue weighted by Crippen LogP contribution is 2.50. The van der Waals surface area contributed by atoms with Gasteiger partial charge in [0.05, 0.1) is 6.04 Å². The predicted molar refractivity (Wildman–Crippen MR) is 105 cm³/mol. The molecule has 5 nitrogen and oxygen atoms in total. The summed E-state index contributed by atoms with van der Waals surface area (Å²) >= 11 is 0. The van der Waals surface area contributed by atoms with Gasteiger partial charge in [0, 0.05) is 44.0 Å². The van der Waals surface area contributed by atoms with E-state index in [1.165, 1.54) is 5.56 Å². The number of ether oxygens (including phenoxy) is 1. The van der Waals surface area contributed by atoms with Crippen molar-refractivity contribution in [1.29, 1.82) is 0 Å². The molecule has 1 saturated heterocycles. The molecular formula is C22H27N3O2. The van der Waals surface area contributed by atoms with Crippen LogP contribution < -0.4 is 4.74 Å². The number of likely N-dealkylation sites (tertiary alicyclic amines) is 1. The van der Waals surface area contributed by atoms with Crippen molar-refractivity contribution in [3.05, 3.63) is 53.5 Å². The summed E-state index contributed by atoms with van der Waals surface area (Å²) in [6.07, 6.45) is 2.79. The van der Waals surface area contributed by atoms with E-state index in [2.05, 4.69) is 48.0 Å². The Kier molecular flexibility index (Phi) is 3.83. The zero-order valence-electron chi connectivity index (χ0n) is 16.3. The van der Waals surface area contributed by atoms with Crippen LogP contribution in [-0.2, 0) is 0 Å². The molecule has 0 aliphatic carbocycles. The second kappa shape index (κ2) is 6.13. The van der Waals surface area contributed by atoms with Crippen LogP contribution in [-0.4, -0.2) is 40.5 Å². The molecule has 0 bridgehead atoms. The Hall–Kier alpha value is -2.27. The molecule has 0 radical (unpaired) electrons. The zero-order chi connectivity index (χ0) is 18.6. The predicted octanol–water partition coefficient (Wildman–Crippen LogP) is 4.33. The largest absolute Gasteiger partial charge is 0.466 e. The molecule has 0 saturated carbocycles. The van der Waals surface area contributed by atoms with Crippen LogP contribution >= 0.6 is 0 Å². The lowest BCUT2D eigenvalue weighted by atomic mass is 9.91. The molecule has 1 unspecified atom stereocenters. The Morgan fingerprint density at radius 2 is 1.89 bits per heavy atom. The number of aryl methyl sites for hydroxylation is 1. The van der Waals surface area contributed by atoms with Crippen molar-refractivity contribution in [2.45, 2.75) is 57.8 Å². The summed E-state index contributed by atoms with van der Waals surface area (Å²) in [5.74, 6) is 2.83. The van der Waals surface area contributed by atoms with Crippen LogP contribution in [0.5, 0.6) is 5.75 Å². The molecule has 5 heteroatoms. The quantitative estimate of drug-likeness (QED) is 0.794. The minimum absolute atomic E-state index is 0.223. The van der Waals surface area contributed by atoms with Crippen LogP contribution in [0.2, 0.25) is 0 Å². The van der Waals surface area contributed by atoms with E-state index in [0.717, 1.165) is 55.3 Å². The number of para-hydroxylation sites is 1. The number of hydrogen-bond acceptors (Lipinski definition) is 5. The molecule has 1 atom stereocenters. The lowest BCUT2D eigenvalue weighted by molar-refractivity contribution is -0.152. The van der Waals surface area contributed by atoms with Gasteiger partial charge in [-0.1, -0.05) is 18.2 Å². The van der Waals surface area contributed by atoms with Crippen LogP contribution in [0.3, 0.4) is 0 Å². The lowest BCUT2D eigenvalue weighted by Crippen LogP contribution is -2.59. The van der Waals surface area contributed by atoms with Crippen molar-refractivity contribution in [2.75, 3.05) is 13.1 Å². The summed E-state index contributed by atoms with van der Waals surface area (Å²) in [4.78, 5) is 2.53. The van der Waals surface area contributed by atoms with E-state index in [4.69, 9.17) is 14.3 Å². The van der Waals surface area contributed by atoms with Crippen LogP contribution in [0.4, 0.5) is 0 Å². The fourth-order valence-electron chi connectivity index (χ4n) is 4.69. The van der Waals surface area contributed by atoms with E-state index in [0.29, 0.717) is 6.04 Å². The molecule has 27 heavy (non-hydrogen) atoms. The van der Waals surface area contributed by atoms with E-state index in [9.17, 15) is 0 Å². The fourth-order valence-corrected chi connectivity index (χ4v) is 4.69. The number of hydrazone groups is 1. The smallest absolute Gasteiger partial charge is 0.200 e. The maximum Gasteiger partial charge on any atom is 0.200 e. The Bertz CT molecular complexity index is 877. The second-order valence-electron chi connectivity index (χ2n) is 8.24. The maximum atomic E-state index is 6.65. The van der Waals surface area contributed by atoms with Gasteiger partial charge in [-0.2, -0.15) is 5.10 Å². The topological polar surface area (TPSA) is 41.2 Å². The number of rotatable bonds is 2. The maximum absolute atomic E-state index is 6.65. The monoisotopic (exact) mass is 365 g/mol. The van der Waals surface area contributed by atoms with Gasteiger partial charge in [-0.3, -0.25) is 0 Å². The second-order valence-corrected chi connectivity index (χ2v) is 8.24. The Labute approximate surface area is 160 Å². The average Bonchev–Trinajstić information content (AvgIpc) is 3.29. The van der Waals surface area contributed by atoms with E-state index < -0.39 is 0 Å². The van der Waals surface area contributed by atoms with Gasteiger partial charge in [-0.05, 0) is 39.0 Å². The van der Waals surface area contributed by atoms with Gasteiger partial charge in [-0.25, -0.2) is 5.01 Å². The van der Waals surface area contributed by atoms with Crippen LogP contribution in [0.1, 0.15) is 56.2 Å². The van der Waals surface area contributed by atoms with Gasteiger partial charge in [0.25, 0.3) is 0 Å². The van der Waals surface area contributed by atoms with Crippen molar-refractivity contribution < 1.29 is 9.15 Å². The first kappa shape index (κ1) is 16.9. The van der Waals surface area contributed by atoms with Crippen molar-refractivity contribution in [3.63, 3.8) is 0 Å². The van der Waals surface area contributed by atoms with Gasteiger partial charge < -0.3 is 14.1 Å². The minimum atomic E-state index is -0.353. The minimum Gasteiger partial charge on any atom is -0.466 e. The SMILES string of the molecule is Cc1ccc(C2=NN3C(C2)c2ccccc2OC32CCN(C(C)C)CC2)o1. The van der Waals surface area contributed by atoms with Crippen molar-refractivity contribution >= 4 is 5.71 Å². The summed E-state index contributed by atoms with van der Waals surface area (Å²) in [7, 11) is 0. The standard InChI is InChI=1S/C22H27N3O2/c1-15(2)24-12-10-22(11-13-24)25-19(17-6-4-5-7-20(17)27-22)14-18(23-25)21-9-8-16(3)26-21/h4-9,15,19H,10-14H2,1-3H3. The van der Waals surface area contributed by atoms with Gasteiger partial charge in [0.15, 0.2) is 0 Å². The fraction of sp³-hybridized carbons (Fsp3) is 0.500. The van der Waals surface area contributed by atoms with Gasteiger partial charge >= 0.3 is 0 Å². The van der Waals surface area contributed by atoms with Crippen molar-refractivity contribution in [2.24, 2.45) is 5.10 Å². The molecule has 0 N–H and O–H groups in total. The van der Waals surface area contributed by atoms with E-state index >= 15 is 0 Å². The van der Waals surface area contributed by atoms with Crippen LogP contribution in [0.25, 0.3) is 0 Å². The molecular weight excluding hydrogens is 338 g/mol. The molecule has 2 aromatic rings. The molecule has 1 aromatic heterocycles. The Morgan fingerprint density at radius 3 is 2.59 bits per heavy atom. The first-order valence-corrected chi connectivity index (χ1v) is 10.0. The van der Waals surface area contributed by atoms with Crippen molar-refractivity contribution in [3.8, 4) is 5.75 Å². The summed E-state index contributed by atoms with van der Waals surface area (Å²) in [5, 5.41) is 7.30. The summed E-state index contributed by atoms with van der Waals surface area (Å²) in [6.45, 7) is 8.59. The lowest BCUT2D eigenvalue weighted by Gasteiger charge is -2.51. The summed E-state index contributed by atoms with van der Waals surface area (Å²) in [6, 6.07) is 13.3. The third-order valence-corrected chi connectivity index (χ3v) is 6.24. The third kappa shape index (κ3) is 2.67. The normalized spacial score (nSPS) is 23.9. The molecule has 1 aromatic carbocycles. The Morgan fingerprint density at radius 1 is 1.11 bits per heavy atom. The van der Waals surface area contributed by atoms with E-state index in [-0.39, 0.29) is 11.8 Å². The average molecular weight is 365 g/mol. The molecule has 4 heterocycles. The van der Waals surface area contributed by atoms with E-state index in [1.54, 1.807) is 0 Å². The summed E-state index contributed by atoms with van der Waals surface area (Å²) < 4.78 is 12.5. The first-order chi connectivity index (χ1) is 13.1. The molecule has 3 aliphatic rings. The summed E-state index contributed by atoms with van der Waals surface area (Å²) in [5.41, 5.74) is 1.91. The van der Waals surface area contributed by atoms with Crippen LogP contribution in [0.15, 0.2) is 45.9 Å². The number of hydrogen-bond donors (Lipinski definition) is 0. The number of furan rings is 1. The van der Waals surface area contributed by atoms with Crippen LogP contribution in [0, 0.1) is 6.92 Å². The van der Waals surface area contributed by atoms with Gasteiger partial charge in [0.2, 0.25) is 5.72 Å². The highest BCUT2D eigenvalue weighted by Gasteiger charge is 2.52.